The largest absolute Gasteiger partial charge is 0.465 e. The van der Waals surface area contributed by atoms with E-state index in [4.69, 9.17) is 0 Å². The van der Waals surface area contributed by atoms with Crippen molar-refractivity contribution in [1.82, 2.24) is 0 Å². The second kappa shape index (κ2) is 9.86. The number of carbonyl (C=O) groups is 4. The van der Waals surface area contributed by atoms with Crippen LogP contribution >= 0.6 is 0 Å². The predicted molar refractivity (Wildman–Crippen MR) is 102 cm³/mol. The minimum Gasteiger partial charge on any atom is -0.465 e. The van der Waals surface area contributed by atoms with Crippen LogP contribution in [0.25, 0.3) is 0 Å². The summed E-state index contributed by atoms with van der Waals surface area (Å²) in [7, 11) is 2.58. The maximum Gasteiger partial charge on any atom is 0.337 e. The van der Waals surface area contributed by atoms with Crippen molar-refractivity contribution >= 4 is 35.1 Å². The van der Waals surface area contributed by atoms with Crippen molar-refractivity contribution in [2.75, 3.05) is 24.9 Å². The van der Waals surface area contributed by atoms with Gasteiger partial charge in [-0.15, -0.1) is 0 Å². The fraction of sp³-hybridized carbons (Fsp3) is 0.200. The molecule has 0 unspecified atom stereocenters. The number of methoxy groups -OCH3 is 2. The molecule has 0 atom stereocenters. The molecule has 8 nitrogen and oxygen atoms in total. The highest BCUT2D eigenvalue weighted by atomic mass is 16.5. The minimum atomic E-state index is -0.464. The third-order valence-electron chi connectivity index (χ3n) is 3.76. The molecule has 0 aliphatic rings. The van der Waals surface area contributed by atoms with E-state index in [2.05, 4.69) is 20.1 Å². The molecule has 0 bridgehead atoms. The van der Waals surface area contributed by atoms with Gasteiger partial charge in [0.2, 0.25) is 11.8 Å². The van der Waals surface area contributed by atoms with E-state index in [-0.39, 0.29) is 24.7 Å². The molecule has 2 aromatic rings. The van der Waals surface area contributed by atoms with Crippen LogP contribution in [-0.2, 0) is 19.1 Å². The van der Waals surface area contributed by atoms with E-state index >= 15 is 0 Å². The summed E-state index contributed by atoms with van der Waals surface area (Å²) in [6, 6.07) is 12.4. The molecular formula is C20H20N2O6. The van der Waals surface area contributed by atoms with Crippen LogP contribution in [0.2, 0.25) is 0 Å². The van der Waals surface area contributed by atoms with E-state index in [0.717, 1.165) is 0 Å². The molecule has 0 aliphatic heterocycles. The van der Waals surface area contributed by atoms with E-state index in [1.165, 1.54) is 38.5 Å². The Morgan fingerprint density at radius 1 is 0.643 bits per heavy atom. The van der Waals surface area contributed by atoms with Gasteiger partial charge in [0.1, 0.15) is 0 Å². The highest BCUT2D eigenvalue weighted by Crippen LogP contribution is 2.13. The first-order valence-electron chi connectivity index (χ1n) is 8.39. The average molecular weight is 384 g/mol. The van der Waals surface area contributed by atoms with Crippen molar-refractivity contribution in [3.63, 3.8) is 0 Å². The monoisotopic (exact) mass is 384 g/mol. The third kappa shape index (κ3) is 5.94. The van der Waals surface area contributed by atoms with Crippen LogP contribution in [0.4, 0.5) is 11.4 Å². The molecule has 0 heterocycles. The number of ether oxygens (including phenoxy) is 2. The molecule has 146 valence electrons. The molecule has 2 aromatic carbocycles. The van der Waals surface area contributed by atoms with Crippen LogP contribution in [-0.4, -0.2) is 38.0 Å². The molecule has 0 radical (unpaired) electrons. The van der Waals surface area contributed by atoms with Crippen molar-refractivity contribution in [3.8, 4) is 0 Å². The number of nitrogens with one attached hydrogen (secondary N) is 2. The molecule has 28 heavy (non-hydrogen) atoms. The van der Waals surface area contributed by atoms with Crippen LogP contribution < -0.4 is 10.6 Å². The number of benzene rings is 2. The lowest BCUT2D eigenvalue weighted by Crippen LogP contribution is -2.17. The lowest BCUT2D eigenvalue weighted by molar-refractivity contribution is -0.121. The van der Waals surface area contributed by atoms with Crippen LogP contribution in [0, 0.1) is 0 Å². The molecule has 2 rings (SSSR count). The summed E-state index contributed by atoms with van der Waals surface area (Å²) in [5.74, 6) is -1.59. The van der Waals surface area contributed by atoms with E-state index in [0.29, 0.717) is 22.5 Å². The zero-order chi connectivity index (χ0) is 20.5. The van der Waals surface area contributed by atoms with Crippen molar-refractivity contribution in [2.45, 2.75) is 12.8 Å². The Morgan fingerprint density at radius 3 is 1.25 bits per heavy atom. The Morgan fingerprint density at radius 2 is 0.964 bits per heavy atom. The quantitative estimate of drug-likeness (QED) is 0.710. The molecular weight excluding hydrogens is 364 g/mol. The van der Waals surface area contributed by atoms with E-state index in [1.54, 1.807) is 24.3 Å². The van der Waals surface area contributed by atoms with Gasteiger partial charge >= 0.3 is 11.9 Å². The zero-order valence-corrected chi connectivity index (χ0v) is 15.5. The summed E-state index contributed by atoms with van der Waals surface area (Å²) in [6.07, 6.45) is -0.0182. The maximum atomic E-state index is 12.0. The van der Waals surface area contributed by atoms with Gasteiger partial charge in [0.15, 0.2) is 0 Å². The molecule has 8 heteroatoms. The van der Waals surface area contributed by atoms with E-state index < -0.39 is 11.9 Å². The number of hydrogen-bond donors (Lipinski definition) is 2. The Bertz CT molecular complexity index is 786. The fourth-order valence-corrected chi connectivity index (χ4v) is 2.29. The lowest BCUT2D eigenvalue weighted by Gasteiger charge is -2.07. The zero-order valence-electron chi connectivity index (χ0n) is 15.5. The van der Waals surface area contributed by atoms with Crippen LogP contribution in [0.15, 0.2) is 48.5 Å². The van der Waals surface area contributed by atoms with Gasteiger partial charge in [-0.2, -0.15) is 0 Å². The number of amides is 2. The summed E-state index contributed by atoms with van der Waals surface area (Å²) in [5, 5.41) is 5.30. The first-order chi connectivity index (χ1) is 13.4. The highest BCUT2D eigenvalue weighted by Gasteiger charge is 2.10. The standard InChI is InChI=1S/C20H20N2O6/c1-27-19(25)13-3-7-15(8-4-13)21-17(23)11-12-18(24)22-16-9-5-14(6-10-16)20(26)28-2/h3-10H,11-12H2,1-2H3,(H,21,23)(H,22,24). The molecule has 0 fully saturated rings. The summed E-state index contributed by atoms with van der Waals surface area (Å²) < 4.78 is 9.20. The topological polar surface area (TPSA) is 111 Å². The van der Waals surface area contributed by atoms with Gasteiger partial charge in [-0.25, -0.2) is 9.59 Å². The van der Waals surface area contributed by atoms with Gasteiger partial charge in [-0.3, -0.25) is 9.59 Å². The van der Waals surface area contributed by atoms with E-state index in [9.17, 15) is 19.2 Å². The first kappa shape index (κ1) is 20.6. The SMILES string of the molecule is COC(=O)c1ccc(NC(=O)CCC(=O)Nc2ccc(C(=O)OC)cc2)cc1. The van der Waals surface area contributed by atoms with Crippen molar-refractivity contribution in [3.05, 3.63) is 59.7 Å². The van der Waals surface area contributed by atoms with Crippen LogP contribution in [0.3, 0.4) is 0 Å². The van der Waals surface area contributed by atoms with Crippen molar-refractivity contribution < 1.29 is 28.7 Å². The summed E-state index contributed by atoms with van der Waals surface area (Å²) in [6.45, 7) is 0. The molecule has 0 saturated carbocycles. The Hall–Kier alpha value is -3.68. The van der Waals surface area contributed by atoms with Gasteiger partial charge in [-0.05, 0) is 48.5 Å². The summed E-state index contributed by atoms with van der Waals surface area (Å²) in [5.41, 5.74) is 1.77. The van der Waals surface area contributed by atoms with Gasteiger partial charge in [0, 0.05) is 24.2 Å². The van der Waals surface area contributed by atoms with Crippen LogP contribution in [0.5, 0.6) is 0 Å². The maximum absolute atomic E-state index is 12.0. The smallest absolute Gasteiger partial charge is 0.337 e. The predicted octanol–water partition coefficient (Wildman–Crippen LogP) is 2.62. The molecule has 0 aliphatic carbocycles. The lowest BCUT2D eigenvalue weighted by atomic mass is 10.2. The Labute approximate surface area is 161 Å². The van der Waals surface area contributed by atoms with Gasteiger partial charge in [-0.1, -0.05) is 0 Å². The Balaban J connectivity index is 1.79. The van der Waals surface area contributed by atoms with Crippen molar-refractivity contribution in [2.24, 2.45) is 0 Å². The molecule has 2 amide bonds. The Kier molecular flexibility index (Phi) is 7.27. The normalized spacial score (nSPS) is 9.93. The number of hydrogen-bond acceptors (Lipinski definition) is 6. The highest BCUT2D eigenvalue weighted by molar-refractivity contribution is 5.97. The first-order valence-corrected chi connectivity index (χ1v) is 8.39. The second-order valence-corrected chi connectivity index (χ2v) is 5.73. The summed E-state index contributed by atoms with van der Waals surface area (Å²) >= 11 is 0. The molecule has 0 spiro atoms. The minimum absolute atomic E-state index is 0.00910. The molecule has 0 aromatic heterocycles. The molecule has 2 N–H and O–H groups in total. The van der Waals surface area contributed by atoms with Gasteiger partial charge in [0.25, 0.3) is 0 Å². The summed E-state index contributed by atoms with van der Waals surface area (Å²) in [4.78, 5) is 46.7. The fourth-order valence-electron chi connectivity index (χ4n) is 2.29. The van der Waals surface area contributed by atoms with Gasteiger partial charge in [0.05, 0.1) is 25.3 Å². The number of rotatable bonds is 7. The second-order valence-electron chi connectivity index (χ2n) is 5.73. The molecule has 0 saturated heterocycles. The van der Waals surface area contributed by atoms with E-state index in [1.807, 2.05) is 0 Å². The number of carbonyl (C=O) groups excluding carboxylic acids is 4. The number of esters is 2. The van der Waals surface area contributed by atoms with Crippen molar-refractivity contribution in [1.29, 1.82) is 0 Å². The third-order valence-corrected chi connectivity index (χ3v) is 3.76. The average Bonchev–Trinajstić information content (AvgIpc) is 2.72. The van der Waals surface area contributed by atoms with Gasteiger partial charge < -0.3 is 20.1 Å². The number of anilines is 2. The van der Waals surface area contributed by atoms with Crippen LogP contribution in [0.1, 0.15) is 33.6 Å².